The highest BCUT2D eigenvalue weighted by molar-refractivity contribution is 5.85. The predicted molar refractivity (Wildman–Crippen MR) is 63.6 cm³/mol. The SMILES string of the molecule is O=C(O)c1ccc(-n2ncc3ccccc32)nn1. The van der Waals surface area contributed by atoms with Gasteiger partial charge in [-0.25, -0.2) is 9.48 Å². The van der Waals surface area contributed by atoms with Crippen molar-refractivity contribution in [2.75, 3.05) is 0 Å². The van der Waals surface area contributed by atoms with Crippen LogP contribution in [0.5, 0.6) is 0 Å². The Kier molecular flexibility index (Phi) is 2.26. The molecule has 0 spiro atoms. The standard InChI is InChI=1S/C12H8N4O2/c17-12(18)9-5-6-11(15-14-9)16-10-4-2-1-3-8(10)7-13-16/h1-7H,(H,17,18). The van der Waals surface area contributed by atoms with E-state index in [1.54, 1.807) is 16.9 Å². The van der Waals surface area contributed by atoms with Crippen LogP contribution in [0.25, 0.3) is 16.7 Å². The quantitative estimate of drug-likeness (QED) is 0.734. The molecule has 0 fully saturated rings. The first-order valence-corrected chi connectivity index (χ1v) is 5.26. The fourth-order valence-electron chi connectivity index (χ4n) is 1.71. The van der Waals surface area contributed by atoms with E-state index in [-0.39, 0.29) is 5.69 Å². The minimum absolute atomic E-state index is 0.0878. The summed E-state index contributed by atoms with van der Waals surface area (Å²) in [6.07, 6.45) is 1.72. The van der Waals surface area contributed by atoms with Gasteiger partial charge in [-0.05, 0) is 18.2 Å². The summed E-state index contributed by atoms with van der Waals surface area (Å²) in [6, 6.07) is 10.7. The lowest BCUT2D eigenvalue weighted by Crippen LogP contribution is -2.06. The molecule has 3 rings (SSSR count). The molecule has 0 aliphatic heterocycles. The van der Waals surface area contributed by atoms with Gasteiger partial charge in [0.15, 0.2) is 11.5 Å². The Bertz CT molecular complexity index is 718. The van der Waals surface area contributed by atoms with Crippen LogP contribution in [0.1, 0.15) is 10.5 Å². The van der Waals surface area contributed by atoms with Crippen molar-refractivity contribution in [3.63, 3.8) is 0 Å². The highest BCUT2D eigenvalue weighted by Crippen LogP contribution is 2.15. The summed E-state index contributed by atoms with van der Waals surface area (Å²) in [5, 5.41) is 21.4. The van der Waals surface area contributed by atoms with E-state index in [9.17, 15) is 4.79 Å². The van der Waals surface area contributed by atoms with Gasteiger partial charge in [-0.2, -0.15) is 5.10 Å². The maximum atomic E-state index is 10.7. The molecule has 1 N–H and O–H groups in total. The number of hydrogen-bond donors (Lipinski definition) is 1. The van der Waals surface area contributed by atoms with Crippen LogP contribution >= 0.6 is 0 Å². The molecule has 88 valence electrons. The maximum absolute atomic E-state index is 10.7. The molecule has 0 saturated heterocycles. The van der Waals surface area contributed by atoms with Crippen LogP contribution in [0.2, 0.25) is 0 Å². The number of nitrogens with zero attached hydrogens (tertiary/aromatic N) is 4. The predicted octanol–water partition coefficient (Wildman–Crippen LogP) is 1.51. The van der Waals surface area contributed by atoms with Crippen molar-refractivity contribution in [1.29, 1.82) is 0 Å². The molecule has 0 saturated carbocycles. The Morgan fingerprint density at radius 3 is 2.67 bits per heavy atom. The molecule has 0 atom stereocenters. The van der Waals surface area contributed by atoms with Gasteiger partial charge in [0.05, 0.1) is 11.7 Å². The summed E-state index contributed by atoms with van der Waals surface area (Å²) < 4.78 is 1.62. The molecule has 3 aromatic rings. The van der Waals surface area contributed by atoms with Gasteiger partial charge in [0.2, 0.25) is 0 Å². The number of carbonyl (C=O) groups is 1. The molecule has 2 heterocycles. The van der Waals surface area contributed by atoms with Crippen LogP contribution in [-0.4, -0.2) is 31.1 Å². The van der Waals surface area contributed by atoms with Gasteiger partial charge >= 0.3 is 5.97 Å². The van der Waals surface area contributed by atoms with Crippen molar-refractivity contribution in [1.82, 2.24) is 20.0 Å². The summed E-state index contributed by atoms with van der Waals surface area (Å²) in [4.78, 5) is 10.7. The lowest BCUT2D eigenvalue weighted by Gasteiger charge is -2.01. The lowest BCUT2D eigenvalue weighted by molar-refractivity contribution is 0.0689. The van der Waals surface area contributed by atoms with Crippen molar-refractivity contribution in [3.8, 4) is 5.82 Å². The highest BCUT2D eigenvalue weighted by Gasteiger charge is 2.08. The molecule has 0 unspecified atom stereocenters. The van der Waals surface area contributed by atoms with Crippen molar-refractivity contribution in [2.45, 2.75) is 0 Å². The number of aromatic nitrogens is 4. The zero-order valence-electron chi connectivity index (χ0n) is 9.19. The summed E-state index contributed by atoms with van der Waals surface area (Å²) in [6.45, 7) is 0. The smallest absolute Gasteiger partial charge is 0.356 e. The van der Waals surface area contributed by atoms with Gasteiger partial charge in [-0.15, -0.1) is 10.2 Å². The number of fused-ring (bicyclic) bond motifs is 1. The van der Waals surface area contributed by atoms with E-state index < -0.39 is 5.97 Å². The molecule has 0 radical (unpaired) electrons. The third kappa shape index (κ3) is 1.60. The van der Waals surface area contributed by atoms with Gasteiger partial charge in [0.25, 0.3) is 0 Å². The Morgan fingerprint density at radius 2 is 1.94 bits per heavy atom. The molecule has 18 heavy (non-hydrogen) atoms. The van der Waals surface area contributed by atoms with Crippen LogP contribution in [0.3, 0.4) is 0 Å². The monoisotopic (exact) mass is 240 g/mol. The van der Waals surface area contributed by atoms with Gasteiger partial charge in [-0.1, -0.05) is 18.2 Å². The second kappa shape index (κ2) is 3.92. The number of hydrogen-bond acceptors (Lipinski definition) is 4. The third-order valence-electron chi connectivity index (χ3n) is 2.56. The Labute approximate surface area is 102 Å². The van der Waals surface area contributed by atoms with E-state index in [1.807, 2.05) is 24.3 Å². The van der Waals surface area contributed by atoms with Crippen LogP contribution in [0, 0.1) is 0 Å². The normalized spacial score (nSPS) is 10.7. The molecule has 0 bridgehead atoms. The minimum Gasteiger partial charge on any atom is -0.476 e. The van der Waals surface area contributed by atoms with Gasteiger partial charge in [-0.3, -0.25) is 0 Å². The highest BCUT2D eigenvalue weighted by atomic mass is 16.4. The van der Waals surface area contributed by atoms with Gasteiger partial charge in [0, 0.05) is 5.39 Å². The van der Waals surface area contributed by atoms with Crippen molar-refractivity contribution >= 4 is 16.9 Å². The number of benzene rings is 1. The van der Waals surface area contributed by atoms with Crippen molar-refractivity contribution < 1.29 is 9.90 Å². The van der Waals surface area contributed by atoms with E-state index in [0.29, 0.717) is 5.82 Å². The maximum Gasteiger partial charge on any atom is 0.356 e. The Morgan fingerprint density at radius 1 is 1.11 bits per heavy atom. The van der Waals surface area contributed by atoms with Crippen LogP contribution < -0.4 is 0 Å². The summed E-state index contributed by atoms with van der Waals surface area (Å²) in [5.74, 6) is -0.611. The number of carboxylic acids is 1. The van der Waals surface area contributed by atoms with E-state index in [2.05, 4.69) is 15.3 Å². The van der Waals surface area contributed by atoms with Crippen LogP contribution in [0.4, 0.5) is 0 Å². The lowest BCUT2D eigenvalue weighted by atomic mass is 10.2. The Hall–Kier alpha value is -2.76. The van der Waals surface area contributed by atoms with Crippen LogP contribution in [0.15, 0.2) is 42.6 Å². The number of carboxylic acid groups (broad SMARTS) is 1. The molecule has 0 amide bonds. The zero-order valence-corrected chi connectivity index (χ0v) is 9.19. The van der Waals surface area contributed by atoms with E-state index in [0.717, 1.165) is 10.9 Å². The molecule has 2 aromatic heterocycles. The summed E-state index contributed by atoms with van der Waals surface area (Å²) in [5.41, 5.74) is 0.810. The third-order valence-corrected chi connectivity index (χ3v) is 2.56. The fraction of sp³-hybridized carbons (Fsp3) is 0. The van der Waals surface area contributed by atoms with E-state index >= 15 is 0 Å². The largest absolute Gasteiger partial charge is 0.476 e. The first kappa shape index (κ1) is 10.4. The number of aromatic carboxylic acids is 1. The summed E-state index contributed by atoms with van der Waals surface area (Å²) >= 11 is 0. The fourth-order valence-corrected chi connectivity index (χ4v) is 1.71. The second-order valence-corrected chi connectivity index (χ2v) is 3.70. The molecule has 6 heteroatoms. The van der Waals surface area contributed by atoms with Crippen molar-refractivity contribution in [3.05, 3.63) is 48.3 Å². The Balaban J connectivity index is 2.12. The minimum atomic E-state index is -1.10. The molecule has 1 aromatic carbocycles. The topological polar surface area (TPSA) is 80.9 Å². The van der Waals surface area contributed by atoms with E-state index in [1.165, 1.54) is 6.07 Å². The molecule has 0 aliphatic rings. The first-order chi connectivity index (χ1) is 8.75. The van der Waals surface area contributed by atoms with E-state index in [4.69, 9.17) is 5.11 Å². The molecule has 0 aliphatic carbocycles. The first-order valence-electron chi connectivity index (χ1n) is 5.26. The number of rotatable bonds is 2. The van der Waals surface area contributed by atoms with Gasteiger partial charge in [0.1, 0.15) is 0 Å². The summed E-state index contributed by atoms with van der Waals surface area (Å²) in [7, 11) is 0. The van der Waals surface area contributed by atoms with Gasteiger partial charge < -0.3 is 5.11 Å². The number of para-hydroxylation sites is 1. The zero-order chi connectivity index (χ0) is 12.5. The van der Waals surface area contributed by atoms with Crippen LogP contribution in [-0.2, 0) is 0 Å². The molecular weight excluding hydrogens is 232 g/mol. The average molecular weight is 240 g/mol. The average Bonchev–Trinajstić information content (AvgIpc) is 2.82. The molecule has 6 nitrogen and oxygen atoms in total. The second-order valence-electron chi connectivity index (χ2n) is 3.70. The molecular formula is C12H8N4O2. The van der Waals surface area contributed by atoms with Crippen molar-refractivity contribution in [2.24, 2.45) is 0 Å².